The average molecular weight is 293 g/mol. The van der Waals surface area contributed by atoms with Crippen LogP contribution in [0.4, 0.5) is 0 Å². The largest absolute Gasteiger partial charge is 0.368 e. The predicted octanol–water partition coefficient (Wildman–Crippen LogP) is 0.338. The number of hydrogen-bond donors (Lipinski definition) is 1. The van der Waals surface area contributed by atoms with Gasteiger partial charge in [-0.1, -0.05) is 18.2 Å². The van der Waals surface area contributed by atoms with Crippen LogP contribution < -0.4 is 5.73 Å². The Morgan fingerprint density at radius 3 is 2.80 bits per heavy atom. The summed E-state index contributed by atoms with van der Waals surface area (Å²) in [7, 11) is -3.66. The van der Waals surface area contributed by atoms with Gasteiger partial charge in [-0.2, -0.15) is 9.57 Å². The fourth-order valence-electron chi connectivity index (χ4n) is 2.39. The molecule has 1 aromatic rings. The summed E-state index contributed by atoms with van der Waals surface area (Å²) in [6.07, 6.45) is 1.07. The van der Waals surface area contributed by atoms with Gasteiger partial charge in [0.1, 0.15) is 6.04 Å². The van der Waals surface area contributed by atoms with E-state index in [2.05, 4.69) is 0 Å². The van der Waals surface area contributed by atoms with Crippen LogP contribution >= 0.6 is 0 Å². The molecule has 1 aliphatic rings. The Bertz CT molecular complexity index is 664. The maximum absolute atomic E-state index is 12.4. The zero-order valence-corrected chi connectivity index (χ0v) is 11.6. The number of amides is 1. The number of nitriles is 1. The summed E-state index contributed by atoms with van der Waals surface area (Å²) in [5.41, 5.74) is 6.00. The van der Waals surface area contributed by atoms with E-state index >= 15 is 0 Å². The molecule has 2 rings (SSSR count). The smallest absolute Gasteiger partial charge is 0.235 e. The van der Waals surface area contributed by atoms with Gasteiger partial charge in [0.25, 0.3) is 0 Å². The predicted molar refractivity (Wildman–Crippen MR) is 72.7 cm³/mol. The highest BCUT2D eigenvalue weighted by atomic mass is 32.2. The van der Waals surface area contributed by atoms with E-state index in [1.165, 1.54) is 0 Å². The first-order valence-electron chi connectivity index (χ1n) is 6.22. The van der Waals surface area contributed by atoms with Crippen molar-refractivity contribution in [2.45, 2.75) is 24.6 Å². The van der Waals surface area contributed by atoms with Gasteiger partial charge in [0.2, 0.25) is 15.9 Å². The summed E-state index contributed by atoms with van der Waals surface area (Å²) in [6, 6.07) is 7.73. The van der Waals surface area contributed by atoms with E-state index < -0.39 is 22.0 Å². The number of rotatable bonds is 4. The van der Waals surface area contributed by atoms with E-state index in [4.69, 9.17) is 11.0 Å². The molecule has 1 atom stereocenters. The number of carbonyl (C=O) groups is 1. The molecular weight excluding hydrogens is 278 g/mol. The Morgan fingerprint density at radius 1 is 1.45 bits per heavy atom. The molecule has 0 aromatic heterocycles. The highest BCUT2D eigenvalue weighted by molar-refractivity contribution is 7.88. The first kappa shape index (κ1) is 14.5. The van der Waals surface area contributed by atoms with Crippen molar-refractivity contribution in [1.82, 2.24) is 4.31 Å². The SMILES string of the molecule is N#Cc1ccccc1CS(=O)(=O)N1CCCC1C(N)=O. The minimum atomic E-state index is -3.66. The van der Waals surface area contributed by atoms with Crippen LogP contribution in [0, 0.1) is 11.3 Å². The summed E-state index contributed by atoms with van der Waals surface area (Å²) in [6.45, 7) is 0.296. The van der Waals surface area contributed by atoms with Crippen molar-refractivity contribution in [2.24, 2.45) is 5.73 Å². The minimum Gasteiger partial charge on any atom is -0.368 e. The van der Waals surface area contributed by atoms with Gasteiger partial charge in [-0.3, -0.25) is 4.79 Å². The van der Waals surface area contributed by atoms with Crippen molar-refractivity contribution in [3.05, 3.63) is 35.4 Å². The molecule has 1 amide bonds. The van der Waals surface area contributed by atoms with Crippen LogP contribution in [0.3, 0.4) is 0 Å². The number of benzene rings is 1. The zero-order chi connectivity index (χ0) is 14.8. The topological polar surface area (TPSA) is 104 Å². The van der Waals surface area contributed by atoms with E-state index in [1.54, 1.807) is 24.3 Å². The lowest BCUT2D eigenvalue weighted by atomic mass is 10.1. The molecule has 1 aliphatic heterocycles. The molecule has 1 fully saturated rings. The van der Waals surface area contributed by atoms with Crippen molar-refractivity contribution in [3.8, 4) is 6.07 Å². The Balaban J connectivity index is 2.28. The normalized spacial score (nSPS) is 19.6. The van der Waals surface area contributed by atoms with Gasteiger partial charge in [-0.15, -0.1) is 0 Å². The molecule has 0 saturated carbocycles. The Hall–Kier alpha value is -1.91. The lowest BCUT2D eigenvalue weighted by Gasteiger charge is -2.21. The second kappa shape index (κ2) is 5.61. The molecule has 6 nitrogen and oxygen atoms in total. The lowest BCUT2D eigenvalue weighted by molar-refractivity contribution is -0.121. The fourth-order valence-corrected chi connectivity index (χ4v) is 4.21. The van der Waals surface area contributed by atoms with Gasteiger partial charge in [-0.05, 0) is 24.5 Å². The Morgan fingerprint density at radius 2 is 2.15 bits per heavy atom. The van der Waals surface area contributed by atoms with Crippen LogP contribution in [0.2, 0.25) is 0 Å². The Kier molecular flexibility index (Phi) is 4.06. The Labute approximate surface area is 117 Å². The molecular formula is C13H15N3O3S. The van der Waals surface area contributed by atoms with Crippen LogP contribution in [0.5, 0.6) is 0 Å². The average Bonchev–Trinajstić information content (AvgIpc) is 2.89. The fraction of sp³-hybridized carbons (Fsp3) is 0.385. The summed E-state index contributed by atoms with van der Waals surface area (Å²) in [5.74, 6) is -0.916. The number of nitrogens with two attached hydrogens (primary N) is 1. The first-order valence-corrected chi connectivity index (χ1v) is 7.83. The molecule has 106 valence electrons. The molecule has 1 heterocycles. The van der Waals surface area contributed by atoms with Gasteiger partial charge in [-0.25, -0.2) is 8.42 Å². The van der Waals surface area contributed by atoms with E-state index in [0.29, 0.717) is 30.5 Å². The third-order valence-electron chi connectivity index (χ3n) is 3.37. The zero-order valence-electron chi connectivity index (χ0n) is 10.8. The molecule has 20 heavy (non-hydrogen) atoms. The number of carbonyl (C=O) groups excluding carboxylic acids is 1. The van der Waals surface area contributed by atoms with Crippen molar-refractivity contribution in [3.63, 3.8) is 0 Å². The maximum Gasteiger partial charge on any atom is 0.235 e. The van der Waals surface area contributed by atoms with Crippen molar-refractivity contribution in [2.75, 3.05) is 6.54 Å². The maximum atomic E-state index is 12.4. The van der Waals surface area contributed by atoms with E-state index in [-0.39, 0.29) is 5.75 Å². The van der Waals surface area contributed by atoms with Crippen molar-refractivity contribution < 1.29 is 13.2 Å². The van der Waals surface area contributed by atoms with Gasteiger partial charge in [0, 0.05) is 6.54 Å². The second-order valence-electron chi connectivity index (χ2n) is 4.70. The molecule has 1 saturated heterocycles. The number of sulfonamides is 1. The molecule has 0 bridgehead atoms. The number of nitrogens with zero attached hydrogens (tertiary/aromatic N) is 2. The standard InChI is InChI=1S/C13H15N3O3S/c14-8-10-4-1-2-5-11(10)9-20(18,19)16-7-3-6-12(16)13(15)17/h1-2,4-5,12H,3,6-7,9H2,(H2,15,17). The van der Waals surface area contributed by atoms with Crippen LogP contribution in [-0.2, 0) is 20.6 Å². The summed E-state index contributed by atoms with van der Waals surface area (Å²) >= 11 is 0. The van der Waals surface area contributed by atoms with Crippen LogP contribution in [0.15, 0.2) is 24.3 Å². The highest BCUT2D eigenvalue weighted by Gasteiger charge is 2.37. The molecule has 0 spiro atoms. The summed E-state index contributed by atoms with van der Waals surface area (Å²) in [5, 5.41) is 8.99. The van der Waals surface area contributed by atoms with Gasteiger partial charge in [0.15, 0.2) is 0 Å². The van der Waals surface area contributed by atoms with Crippen LogP contribution in [-0.4, -0.2) is 31.2 Å². The van der Waals surface area contributed by atoms with Crippen LogP contribution in [0.1, 0.15) is 24.0 Å². The van der Waals surface area contributed by atoms with Crippen LogP contribution in [0.25, 0.3) is 0 Å². The highest BCUT2D eigenvalue weighted by Crippen LogP contribution is 2.24. The third-order valence-corrected chi connectivity index (χ3v) is 5.19. The number of hydrogen-bond acceptors (Lipinski definition) is 4. The van der Waals surface area contributed by atoms with E-state index in [9.17, 15) is 13.2 Å². The molecule has 0 radical (unpaired) electrons. The summed E-state index contributed by atoms with van der Waals surface area (Å²) in [4.78, 5) is 11.3. The second-order valence-corrected chi connectivity index (χ2v) is 6.62. The summed E-state index contributed by atoms with van der Waals surface area (Å²) < 4.78 is 25.9. The van der Waals surface area contributed by atoms with Crippen molar-refractivity contribution >= 4 is 15.9 Å². The molecule has 2 N–H and O–H groups in total. The van der Waals surface area contributed by atoms with E-state index in [0.717, 1.165) is 4.31 Å². The molecule has 7 heteroatoms. The minimum absolute atomic E-state index is 0.291. The molecule has 1 aromatic carbocycles. The van der Waals surface area contributed by atoms with Crippen molar-refractivity contribution in [1.29, 1.82) is 5.26 Å². The molecule has 0 aliphatic carbocycles. The monoisotopic (exact) mass is 293 g/mol. The number of primary amides is 1. The lowest BCUT2D eigenvalue weighted by Crippen LogP contribution is -2.44. The molecule has 1 unspecified atom stereocenters. The quantitative estimate of drug-likeness (QED) is 0.864. The first-order chi connectivity index (χ1) is 9.45. The van der Waals surface area contributed by atoms with E-state index in [1.807, 2.05) is 6.07 Å². The van der Waals surface area contributed by atoms with Gasteiger partial charge in [0.05, 0.1) is 17.4 Å². The third kappa shape index (κ3) is 2.81. The van der Waals surface area contributed by atoms with Gasteiger partial charge >= 0.3 is 0 Å². The van der Waals surface area contributed by atoms with Gasteiger partial charge < -0.3 is 5.73 Å².